The minimum Gasteiger partial charge on any atom is -0.395 e. The van der Waals surface area contributed by atoms with Crippen LogP contribution in [0.2, 0.25) is 0 Å². The average molecular weight is 186 g/mol. The van der Waals surface area contributed by atoms with Crippen LogP contribution in [0, 0.1) is 0 Å². The van der Waals surface area contributed by atoms with Crippen molar-refractivity contribution in [3.8, 4) is 0 Å². The number of hydrogen-bond acceptors (Lipinski definition) is 3. The lowest BCUT2D eigenvalue weighted by Gasteiger charge is -2.42. The molecule has 1 heterocycles. The van der Waals surface area contributed by atoms with Crippen LogP contribution in [-0.2, 0) is 0 Å². The first-order valence-electron chi connectivity index (χ1n) is 5.24. The first-order chi connectivity index (χ1) is 6.19. The summed E-state index contributed by atoms with van der Waals surface area (Å²) in [5.41, 5.74) is 0. The molecule has 3 nitrogen and oxygen atoms in total. The maximum atomic E-state index is 9.26. The molecule has 0 radical (unpaired) electrons. The molecule has 0 spiro atoms. The maximum absolute atomic E-state index is 9.26. The van der Waals surface area contributed by atoms with Gasteiger partial charge in [0.05, 0.1) is 6.61 Å². The number of rotatable bonds is 3. The molecule has 0 aliphatic carbocycles. The predicted molar refractivity (Wildman–Crippen MR) is 54.8 cm³/mol. The summed E-state index contributed by atoms with van der Waals surface area (Å²) in [6, 6.07) is 0.944. The van der Waals surface area contributed by atoms with Gasteiger partial charge >= 0.3 is 0 Å². The number of likely N-dealkylation sites (N-methyl/N-ethyl adjacent to an activating group) is 1. The van der Waals surface area contributed by atoms with Crippen LogP contribution in [0.4, 0.5) is 0 Å². The lowest BCUT2D eigenvalue weighted by Crippen LogP contribution is -2.56. The molecule has 1 aliphatic heterocycles. The summed E-state index contributed by atoms with van der Waals surface area (Å²) in [5.74, 6) is 0. The van der Waals surface area contributed by atoms with Gasteiger partial charge in [0.2, 0.25) is 0 Å². The molecular weight excluding hydrogens is 164 g/mol. The van der Waals surface area contributed by atoms with Crippen molar-refractivity contribution in [1.82, 2.24) is 9.80 Å². The standard InChI is InChI=1S/C10H22N2O/c1-4-9(2)12-6-5-11(3)7-10(12)8-13/h9-10,13H,4-8H2,1-3H3. The van der Waals surface area contributed by atoms with Crippen molar-refractivity contribution in [2.75, 3.05) is 33.3 Å². The fraction of sp³-hybridized carbons (Fsp3) is 1.00. The van der Waals surface area contributed by atoms with Gasteiger partial charge in [0.1, 0.15) is 0 Å². The molecule has 13 heavy (non-hydrogen) atoms. The van der Waals surface area contributed by atoms with Crippen LogP contribution in [0.5, 0.6) is 0 Å². The average Bonchev–Trinajstić information content (AvgIpc) is 2.16. The van der Waals surface area contributed by atoms with Crippen molar-refractivity contribution in [1.29, 1.82) is 0 Å². The van der Waals surface area contributed by atoms with E-state index >= 15 is 0 Å². The van der Waals surface area contributed by atoms with E-state index in [9.17, 15) is 5.11 Å². The molecule has 1 N–H and O–H groups in total. The lowest BCUT2D eigenvalue weighted by molar-refractivity contribution is 0.0248. The number of aliphatic hydroxyl groups is 1. The third-order valence-corrected chi connectivity index (χ3v) is 3.10. The molecule has 0 aromatic rings. The molecule has 2 unspecified atom stereocenters. The molecule has 0 saturated carbocycles. The third-order valence-electron chi connectivity index (χ3n) is 3.10. The Morgan fingerprint density at radius 2 is 2.15 bits per heavy atom. The van der Waals surface area contributed by atoms with Crippen molar-refractivity contribution in [3.05, 3.63) is 0 Å². The van der Waals surface area contributed by atoms with Crippen molar-refractivity contribution in [2.45, 2.75) is 32.4 Å². The molecule has 0 amide bonds. The molecule has 0 aromatic heterocycles. The highest BCUT2D eigenvalue weighted by atomic mass is 16.3. The van der Waals surface area contributed by atoms with E-state index in [0.29, 0.717) is 12.1 Å². The minimum atomic E-state index is 0.286. The van der Waals surface area contributed by atoms with Crippen LogP contribution in [-0.4, -0.2) is 60.3 Å². The minimum absolute atomic E-state index is 0.286. The van der Waals surface area contributed by atoms with Crippen LogP contribution in [0.1, 0.15) is 20.3 Å². The van der Waals surface area contributed by atoms with E-state index in [1.807, 2.05) is 0 Å². The molecule has 2 atom stereocenters. The molecule has 0 bridgehead atoms. The smallest absolute Gasteiger partial charge is 0.0599 e. The SMILES string of the molecule is CCC(C)N1CCN(C)CC1CO. The normalized spacial score (nSPS) is 29.1. The van der Waals surface area contributed by atoms with E-state index in [-0.39, 0.29) is 6.61 Å². The van der Waals surface area contributed by atoms with Crippen LogP contribution in [0.3, 0.4) is 0 Å². The number of piperazine rings is 1. The van der Waals surface area contributed by atoms with E-state index < -0.39 is 0 Å². The Morgan fingerprint density at radius 3 is 2.69 bits per heavy atom. The fourth-order valence-electron chi connectivity index (χ4n) is 2.00. The van der Waals surface area contributed by atoms with Gasteiger partial charge in [-0.05, 0) is 20.4 Å². The van der Waals surface area contributed by atoms with E-state index in [1.54, 1.807) is 0 Å². The summed E-state index contributed by atoms with van der Waals surface area (Å²) in [5, 5.41) is 9.26. The van der Waals surface area contributed by atoms with Crippen LogP contribution in [0.25, 0.3) is 0 Å². The molecular formula is C10H22N2O. The summed E-state index contributed by atoms with van der Waals surface area (Å²) in [6.07, 6.45) is 1.17. The Hall–Kier alpha value is -0.120. The molecule has 1 rings (SSSR count). The van der Waals surface area contributed by atoms with Gasteiger partial charge < -0.3 is 10.0 Å². The van der Waals surface area contributed by atoms with E-state index in [2.05, 4.69) is 30.7 Å². The van der Waals surface area contributed by atoms with Crippen molar-refractivity contribution in [2.24, 2.45) is 0 Å². The van der Waals surface area contributed by atoms with Crippen LogP contribution >= 0.6 is 0 Å². The Balaban J connectivity index is 2.52. The Morgan fingerprint density at radius 1 is 1.46 bits per heavy atom. The molecule has 78 valence electrons. The zero-order chi connectivity index (χ0) is 9.84. The summed E-state index contributed by atoms with van der Waals surface area (Å²) in [4.78, 5) is 4.72. The van der Waals surface area contributed by atoms with Crippen molar-refractivity contribution >= 4 is 0 Å². The topological polar surface area (TPSA) is 26.7 Å². The van der Waals surface area contributed by atoms with Gasteiger partial charge in [-0.1, -0.05) is 6.92 Å². The molecule has 3 heteroatoms. The van der Waals surface area contributed by atoms with E-state index in [4.69, 9.17) is 0 Å². The van der Waals surface area contributed by atoms with Gasteiger partial charge in [0.15, 0.2) is 0 Å². The highest BCUT2D eigenvalue weighted by molar-refractivity contribution is 4.83. The Labute approximate surface area is 81.3 Å². The Bertz CT molecular complexity index is 152. The fourth-order valence-corrected chi connectivity index (χ4v) is 2.00. The van der Waals surface area contributed by atoms with E-state index in [0.717, 1.165) is 19.6 Å². The molecule has 1 saturated heterocycles. The highest BCUT2D eigenvalue weighted by Gasteiger charge is 2.27. The van der Waals surface area contributed by atoms with Gasteiger partial charge in [-0.2, -0.15) is 0 Å². The van der Waals surface area contributed by atoms with Gasteiger partial charge in [0, 0.05) is 31.7 Å². The quantitative estimate of drug-likeness (QED) is 0.691. The van der Waals surface area contributed by atoms with Gasteiger partial charge in [-0.15, -0.1) is 0 Å². The zero-order valence-corrected chi connectivity index (χ0v) is 9.03. The largest absolute Gasteiger partial charge is 0.395 e. The monoisotopic (exact) mass is 186 g/mol. The number of hydrogen-bond donors (Lipinski definition) is 1. The highest BCUT2D eigenvalue weighted by Crippen LogP contribution is 2.13. The Kier molecular flexibility index (Phi) is 4.16. The van der Waals surface area contributed by atoms with Crippen LogP contribution in [0.15, 0.2) is 0 Å². The van der Waals surface area contributed by atoms with Gasteiger partial charge in [-0.25, -0.2) is 0 Å². The second-order valence-corrected chi connectivity index (χ2v) is 4.09. The molecule has 1 fully saturated rings. The zero-order valence-electron chi connectivity index (χ0n) is 9.03. The van der Waals surface area contributed by atoms with Crippen LogP contribution < -0.4 is 0 Å². The second kappa shape index (κ2) is 4.94. The van der Waals surface area contributed by atoms with Crippen molar-refractivity contribution in [3.63, 3.8) is 0 Å². The lowest BCUT2D eigenvalue weighted by atomic mass is 10.1. The third kappa shape index (κ3) is 2.66. The molecule has 1 aliphatic rings. The number of aliphatic hydroxyl groups excluding tert-OH is 1. The summed E-state index contributed by atoms with van der Waals surface area (Å²) < 4.78 is 0. The first kappa shape index (κ1) is 11.0. The van der Waals surface area contributed by atoms with Gasteiger partial charge in [-0.3, -0.25) is 4.90 Å². The van der Waals surface area contributed by atoms with Gasteiger partial charge in [0.25, 0.3) is 0 Å². The van der Waals surface area contributed by atoms with Crippen molar-refractivity contribution < 1.29 is 5.11 Å². The molecule has 0 aromatic carbocycles. The predicted octanol–water partition coefficient (Wildman–Crippen LogP) is 0.393. The maximum Gasteiger partial charge on any atom is 0.0599 e. The summed E-state index contributed by atoms with van der Waals surface area (Å²) in [7, 11) is 2.12. The number of nitrogens with zero attached hydrogens (tertiary/aromatic N) is 2. The first-order valence-corrected chi connectivity index (χ1v) is 5.24. The second-order valence-electron chi connectivity index (χ2n) is 4.09. The van der Waals surface area contributed by atoms with E-state index in [1.165, 1.54) is 6.42 Å². The summed E-state index contributed by atoms with van der Waals surface area (Å²) in [6.45, 7) is 7.96. The summed E-state index contributed by atoms with van der Waals surface area (Å²) >= 11 is 0.